The summed E-state index contributed by atoms with van der Waals surface area (Å²) in [6.07, 6.45) is 3.07. The minimum absolute atomic E-state index is 0.269. The first-order valence-corrected chi connectivity index (χ1v) is 5.99. The summed E-state index contributed by atoms with van der Waals surface area (Å²) in [5.41, 5.74) is 0.858. The number of hydrogen-bond donors (Lipinski definition) is 1. The molecule has 1 N–H and O–H groups in total. The monoisotopic (exact) mass is 264 g/mol. The van der Waals surface area contributed by atoms with Gasteiger partial charge in [0.15, 0.2) is 0 Å². The van der Waals surface area contributed by atoms with Crippen LogP contribution in [0, 0.1) is 0 Å². The van der Waals surface area contributed by atoms with E-state index in [0.717, 1.165) is 5.56 Å². The molecule has 0 fully saturated rings. The predicted octanol–water partition coefficient (Wildman–Crippen LogP) is 2.05. The number of nitrogens with one attached hydrogen (secondary N) is 1. The quantitative estimate of drug-likeness (QED) is 0.516. The van der Waals surface area contributed by atoms with Gasteiger partial charge in [0.05, 0.1) is 6.61 Å². The third-order valence-corrected chi connectivity index (χ3v) is 2.77. The summed E-state index contributed by atoms with van der Waals surface area (Å²) in [5.74, 6) is -0.0287. The van der Waals surface area contributed by atoms with E-state index >= 15 is 0 Å². The molecule has 0 aliphatic carbocycles. The summed E-state index contributed by atoms with van der Waals surface area (Å²) in [5, 5.41) is 2.96. The van der Waals surface area contributed by atoms with Gasteiger partial charge in [-0.05, 0) is 13.0 Å². The highest BCUT2D eigenvalue weighted by Gasteiger charge is 2.37. The molecule has 1 aromatic carbocycles. The van der Waals surface area contributed by atoms with Crippen LogP contribution in [0.5, 0.6) is 0 Å². The Morgan fingerprint density at radius 2 is 2.17 bits per heavy atom. The smallest absolute Gasteiger partial charge is 0.353 e. The number of aliphatic imine (C=N–C) groups is 1. The lowest BCUT2D eigenvalue weighted by Crippen LogP contribution is -2.37. The number of amidine groups is 1. The lowest BCUT2D eigenvalue weighted by Gasteiger charge is -2.22. The van der Waals surface area contributed by atoms with E-state index in [0.29, 0.717) is 5.84 Å². The third kappa shape index (κ3) is 2.54. The van der Waals surface area contributed by atoms with Gasteiger partial charge in [-0.2, -0.15) is 0 Å². The first kappa shape index (κ1) is 12.6. The van der Waals surface area contributed by atoms with Crippen molar-refractivity contribution in [2.45, 2.75) is 11.9 Å². The molecule has 1 unspecified atom stereocenters. The molecule has 0 saturated carbocycles. The average molecular weight is 265 g/mol. The fourth-order valence-electron chi connectivity index (χ4n) is 1.55. The van der Waals surface area contributed by atoms with Gasteiger partial charge in [-0.1, -0.05) is 41.9 Å². The van der Waals surface area contributed by atoms with Crippen LogP contribution in [0.4, 0.5) is 0 Å². The molecule has 0 bridgehead atoms. The van der Waals surface area contributed by atoms with E-state index in [1.54, 1.807) is 13.1 Å². The zero-order valence-corrected chi connectivity index (χ0v) is 10.6. The number of halogens is 1. The highest BCUT2D eigenvalue weighted by Crippen LogP contribution is 2.24. The van der Waals surface area contributed by atoms with Gasteiger partial charge in [-0.3, -0.25) is 0 Å². The molecule has 0 amide bonds. The number of carbonyl (C=O) groups is 1. The van der Waals surface area contributed by atoms with E-state index in [4.69, 9.17) is 16.3 Å². The molecule has 94 valence electrons. The van der Waals surface area contributed by atoms with Crippen LogP contribution in [0.15, 0.2) is 47.6 Å². The molecule has 1 heterocycles. The number of benzene rings is 1. The molecule has 0 spiro atoms. The van der Waals surface area contributed by atoms with Crippen LogP contribution in [0.1, 0.15) is 12.5 Å². The highest BCUT2D eigenvalue weighted by atomic mass is 35.5. The molecular formula is C13H13ClN2O2. The topological polar surface area (TPSA) is 50.7 Å². The molecule has 0 saturated heterocycles. The second-order valence-corrected chi connectivity index (χ2v) is 4.27. The number of nitrogens with zero attached hydrogens (tertiary/aromatic N) is 1. The molecule has 2 rings (SSSR count). The molecule has 1 aliphatic rings. The van der Waals surface area contributed by atoms with Crippen molar-refractivity contribution < 1.29 is 9.53 Å². The predicted molar refractivity (Wildman–Crippen MR) is 70.5 cm³/mol. The largest absolute Gasteiger partial charge is 0.463 e. The summed E-state index contributed by atoms with van der Waals surface area (Å²) in [7, 11) is 0. The second kappa shape index (κ2) is 5.23. The molecule has 1 aliphatic heterocycles. The maximum Gasteiger partial charge on any atom is 0.353 e. The van der Waals surface area contributed by atoms with Crippen molar-refractivity contribution in [3.8, 4) is 0 Å². The highest BCUT2D eigenvalue weighted by molar-refractivity contribution is 6.36. The Morgan fingerprint density at radius 1 is 1.44 bits per heavy atom. The molecule has 1 aromatic rings. The van der Waals surface area contributed by atoms with E-state index in [1.807, 2.05) is 30.3 Å². The SMILES string of the molecule is CCOC(=O)C1(Cl)C=CNC(c2ccccc2)=N1. The summed E-state index contributed by atoms with van der Waals surface area (Å²) in [6.45, 7) is 2.00. The van der Waals surface area contributed by atoms with Crippen molar-refractivity contribution in [2.24, 2.45) is 4.99 Å². The first-order chi connectivity index (χ1) is 8.65. The minimum atomic E-state index is -1.48. The Labute approximate surface area is 110 Å². The number of rotatable bonds is 3. The fraction of sp³-hybridized carbons (Fsp3) is 0.231. The van der Waals surface area contributed by atoms with Crippen molar-refractivity contribution in [1.29, 1.82) is 0 Å². The second-order valence-electron chi connectivity index (χ2n) is 3.70. The molecule has 18 heavy (non-hydrogen) atoms. The zero-order chi connectivity index (χ0) is 13.0. The van der Waals surface area contributed by atoms with Crippen LogP contribution < -0.4 is 5.32 Å². The van der Waals surface area contributed by atoms with E-state index in [2.05, 4.69) is 10.3 Å². The first-order valence-electron chi connectivity index (χ1n) is 5.61. The summed E-state index contributed by atoms with van der Waals surface area (Å²) >= 11 is 6.16. The Kier molecular flexibility index (Phi) is 3.67. The third-order valence-electron chi connectivity index (χ3n) is 2.41. The number of alkyl halides is 1. The lowest BCUT2D eigenvalue weighted by molar-refractivity contribution is -0.144. The molecule has 1 atom stereocenters. The van der Waals surface area contributed by atoms with E-state index < -0.39 is 11.0 Å². The van der Waals surface area contributed by atoms with Crippen molar-refractivity contribution >= 4 is 23.4 Å². The van der Waals surface area contributed by atoms with Gasteiger partial charge in [-0.15, -0.1) is 0 Å². The lowest BCUT2D eigenvalue weighted by atomic mass is 10.1. The Balaban J connectivity index is 2.30. The normalized spacial score (nSPS) is 22.0. The van der Waals surface area contributed by atoms with Crippen molar-refractivity contribution in [1.82, 2.24) is 5.32 Å². The summed E-state index contributed by atoms with van der Waals surface area (Å²) < 4.78 is 4.91. The van der Waals surface area contributed by atoms with Crippen LogP contribution in [0.25, 0.3) is 0 Å². The maximum atomic E-state index is 11.8. The number of ether oxygens (including phenoxy) is 1. The van der Waals surface area contributed by atoms with Crippen LogP contribution in [-0.4, -0.2) is 23.4 Å². The van der Waals surface area contributed by atoms with Crippen molar-refractivity contribution in [3.63, 3.8) is 0 Å². The standard InChI is InChI=1S/C13H13ClN2O2/c1-2-18-12(17)13(14)8-9-15-11(16-13)10-6-4-3-5-7-10/h3-9H,2H2,1H3,(H,15,16). The zero-order valence-electron chi connectivity index (χ0n) is 9.89. The maximum absolute atomic E-state index is 11.8. The summed E-state index contributed by atoms with van der Waals surface area (Å²) in [4.78, 5) is 14.5. The van der Waals surface area contributed by atoms with Crippen LogP contribution >= 0.6 is 11.6 Å². The Morgan fingerprint density at radius 3 is 2.83 bits per heavy atom. The molecule has 0 radical (unpaired) electrons. The van der Waals surface area contributed by atoms with Gasteiger partial charge in [0.2, 0.25) is 0 Å². The molecule has 5 heteroatoms. The van der Waals surface area contributed by atoms with E-state index in [-0.39, 0.29) is 6.61 Å². The van der Waals surface area contributed by atoms with Gasteiger partial charge >= 0.3 is 5.97 Å². The molecule has 4 nitrogen and oxygen atoms in total. The Bertz CT molecular complexity index is 499. The minimum Gasteiger partial charge on any atom is -0.463 e. The van der Waals surface area contributed by atoms with E-state index in [9.17, 15) is 4.79 Å². The average Bonchev–Trinajstić information content (AvgIpc) is 2.40. The number of esters is 1. The van der Waals surface area contributed by atoms with Crippen molar-refractivity contribution in [3.05, 3.63) is 48.2 Å². The van der Waals surface area contributed by atoms with Crippen LogP contribution in [0.3, 0.4) is 0 Å². The Hall–Kier alpha value is -1.81. The van der Waals surface area contributed by atoms with Crippen LogP contribution in [-0.2, 0) is 9.53 Å². The molecular weight excluding hydrogens is 252 g/mol. The van der Waals surface area contributed by atoms with Gasteiger partial charge < -0.3 is 10.1 Å². The van der Waals surface area contributed by atoms with Gasteiger partial charge in [0.25, 0.3) is 5.00 Å². The molecule has 0 aromatic heterocycles. The van der Waals surface area contributed by atoms with Crippen molar-refractivity contribution in [2.75, 3.05) is 6.61 Å². The van der Waals surface area contributed by atoms with Gasteiger partial charge in [0.1, 0.15) is 5.84 Å². The van der Waals surface area contributed by atoms with Gasteiger partial charge in [-0.25, -0.2) is 9.79 Å². The van der Waals surface area contributed by atoms with Gasteiger partial charge in [0, 0.05) is 11.8 Å². The van der Waals surface area contributed by atoms with Crippen LogP contribution in [0.2, 0.25) is 0 Å². The summed E-state index contributed by atoms with van der Waals surface area (Å²) in [6, 6.07) is 9.44. The number of hydrogen-bond acceptors (Lipinski definition) is 4. The fourth-order valence-corrected chi connectivity index (χ4v) is 1.76. The van der Waals surface area contributed by atoms with E-state index in [1.165, 1.54) is 6.08 Å². The number of carbonyl (C=O) groups excluding carboxylic acids is 1.